The lowest BCUT2D eigenvalue weighted by atomic mass is 10.1. The van der Waals surface area contributed by atoms with Crippen LogP contribution in [0.25, 0.3) is 22.5 Å². The molecule has 0 aliphatic rings. The van der Waals surface area contributed by atoms with E-state index < -0.39 is 11.7 Å². The summed E-state index contributed by atoms with van der Waals surface area (Å²) in [6.07, 6.45) is -1.15. The minimum absolute atomic E-state index is 0.0957. The van der Waals surface area contributed by atoms with E-state index in [1.807, 2.05) is 6.07 Å². The van der Waals surface area contributed by atoms with Gasteiger partial charge in [-0.15, -0.1) is 10.2 Å². The van der Waals surface area contributed by atoms with Crippen molar-refractivity contribution in [3.63, 3.8) is 0 Å². The number of halogens is 3. The topological polar surface area (TPSA) is 89.7 Å². The van der Waals surface area contributed by atoms with Gasteiger partial charge in [0.1, 0.15) is 17.7 Å². The van der Waals surface area contributed by atoms with Gasteiger partial charge < -0.3 is 14.1 Å². The Hall–Kier alpha value is -4.21. The first-order valence-electron chi connectivity index (χ1n) is 9.50. The van der Waals surface area contributed by atoms with E-state index in [0.717, 1.165) is 17.5 Å². The Kier molecular flexibility index (Phi) is 4.81. The van der Waals surface area contributed by atoms with Crippen LogP contribution in [0.3, 0.4) is 0 Å². The molecule has 5 rings (SSSR count). The van der Waals surface area contributed by atoms with Crippen LogP contribution in [0.2, 0.25) is 0 Å². The molecule has 3 aromatic heterocycles. The molecule has 32 heavy (non-hydrogen) atoms. The standard InChI is InChI=1S/C22H14F3N5O2/c23-22(24,25)15-3-1-2-13(10-15)11-18-29-30-20(32-18)14-4-6-16(7-5-14)31-21-17-8-9-26-19(17)27-12-28-21/h1-10,12H,11H2,(H,26,27,28). The summed E-state index contributed by atoms with van der Waals surface area (Å²) in [5.74, 6) is 1.45. The smallest absolute Gasteiger partial charge is 0.416 e. The predicted octanol–water partition coefficient (Wildman–Crippen LogP) is 5.41. The number of aromatic amines is 1. The minimum Gasteiger partial charge on any atom is -0.438 e. The zero-order chi connectivity index (χ0) is 22.1. The second-order valence-electron chi connectivity index (χ2n) is 6.92. The van der Waals surface area contributed by atoms with Crippen molar-refractivity contribution in [2.45, 2.75) is 12.6 Å². The number of ether oxygens (including phenoxy) is 1. The molecule has 160 valence electrons. The average molecular weight is 437 g/mol. The van der Waals surface area contributed by atoms with Crippen molar-refractivity contribution in [3.05, 3.63) is 84.1 Å². The average Bonchev–Trinajstić information content (AvgIpc) is 3.44. The summed E-state index contributed by atoms with van der Waals surface area (Å²) >= 11 is 0. The fourth-order valence-corrected chi connectivity index (χ4v) is 3.18. The summed E-state index contributed by atoms with van der Waals surface area (Å²) in [4.78, 5) is 11.3. The molecule has 0 atom stereocenters. The molecule has 0 saturated heterocycles. The van der Waals surface area contributed by atoms with E-state index in [1.165, 1.54) is 12.4 Å². The Morgan fingerprint density at radius 2 is 1.81 bits per heavy atom. The molecular weight excluding hydrogens is 423 g/mol. The summed E-state index contributed by atoms with van der Waals surface area (Å²) in [7, 11) is 0. The number of hydrogen-bond donors (Lipinski definition) is 1. The molecule has 0 aliphatic carbocycles. The van der Waals surface area contributed by atoms with E-state index in [4.69, 9.17) is 9.15 Å². The zero-order valence-corrected chi connectivity index (χ0v) is 16.3. The fraction of sp³-hybridized carbons (Fsp3) is 0.0909. The maximum Gasteiger partial charge on any atom is 0.416 e. The van der Waals surface area contributed by atoms with Crippen molar-refractivity contribution in [1.29, 1.82) is 0 Å². The van der Waals surface area contributed by atoms with Gasteiger partial charge in [-0.3, -0.25) is 0 Å². The first kappa shape index (κ1) is 19.7. The van der Waals surface area contributed by atoms with Crippen LogP contribution in [-0.2, 0) is 12.6 Å². The molecule has 0 fully saturated rings. The number of aromatic nitrogens is 5. The SMILES string of the molecule is FC(F)(F)c1cccc(Cc2nnc(-c3ccc(Oc4ncnc5[nH]ccc45)cc3)o2)c1. The van der Waals surface area contributed by atoms with Gasteiger partial charge in [0.2, 0.25) is 17.7 Å². The van der Waals surface area contributed by atoms with Crippen LogP contribution in [0.5, 0.6) is 11.6 Å². The number of nitrogens with one attached hydrogen (secondary N) is 1. The van der Waals surface area contributed by atoms with Crippen LogP contribution in [0.4, 0.5) is 13.2 Å². The first-order chi connectivity index (χ1) is 15.5. The lowest BCUT2D eigenvalue weighted by molar-refractivity contribution is -0.137. The second kappa shape index (κ2) is 7.80. The van der Waals surface area contributed by atoms with Crippen LogP contribution < -0.4 is 4.74 Å². The van der Waals surface area contributed by atoms with Gasteiger partial charge in [-0.2, -0.15) is 13.2 Å². The van der Waals surface area contributed by atoms with Gasteiger partial charge in [0.15, 0.2) is 0 Å². The molecule has 0 unspecified atom stereocenters. The number of benzene rings is 2. The third-order valence-corrected chi connectivity index (χ3v) is 4.71. The quantitative estimate of drug-likeness (QED) is 0.395. The number of hydrogen-bond acceptors (Lipinski definition) is 6. The normalized spacial score (nSPS) is 11.7. The van der Waals surface area contributed by atoms with Gasteiger partial charge >= 0.3 is 6.18 Å². The van der Waals surface area contributed by atoms with Gasteiger partial charge in [-0.1, -0.05) is 18.2 Å². The van der Waals surface area contributed by atoms with Gasteiger partial charge in [-0.25, -0.2) is 9.97 Å². The van der Waals surface area contributed by atoms with Crippen molar-refractivity contribution in [1.82, 2.24) is 25.1 Å². The van der Waals surface area contributed by atoms with E-state index >= 15 is 0 Å². The maximum atomic E-state index is 12.9. The van der Waals surface area contributed by atoms with Crippen LogP contribution >= 0.6 is 0 Å². The van der Waals surface area contributed by atoms with Crippen molar-refractivity contribution >= 4 is 11.0 Å². The number of alkyl halides is 3. The third kappa shape index (κ3) is 4.02. The second-order valence-corrected chi connectivity index (χ2v) is 6.92. The Bertz CT molecular complexity index is 1380. The Morgan fingerprint density at radius 3 is 2.62 bits per heavy atom. The molecule has 2 aromatic carbocycles. The number of rotatable bonds is 5. The van der Waals surface area contributed by atoms with Crippen LogP contribution in [0.1, 0.15) is 17.0 Å². The third-order valence-electron chi connectivity index (χ3n) is 4.71. The van der Waals surface area contributed by atoms with Crippen molar-refractivity contribution in [3.8, 4) is 23.1 Å². The molecule has 0 amide bonds. The van der Waals surface area contributed by atoms with E-state index in [1.54, 1.807) is 36.5 Å². The predicted molar refractivity (Wildman–Crippen MR) is 108 cm³/mol. The largest absolute Gasteiger partial charge is 0.438 e. The highest BCUT2D eigenvalue weighted by atomic mass is 19.4. The molecule has 3 heterocycles. The molecule has 0 spiro atoms. The van der Waals surface area contributed by atoms with E-state index in [2.05, 4.69) is 25.1 Å². The van der Waals surface area contributed by atoms with Crippen molar-refractivity contribution < 1.29 is 22.3 Å². The van der Waals surface area contributed by atoms with Gasteiger partial charge in [0.05, 0.1) is 17.4 Å². The van der Waals surface area contributed by atoms with Crippen LogP contribution in [0.15, 0.2) is 71.5 Å². The fourth-order valence-electron chi connectivity index (χ4n) is 3.18. The van der Waals surface area contributed by atoms with Gasteiger partial charge in [0, 0.05) is 11.8 Å². The molecular formula is C22H14F3N5O2. The van der Waals surface area contributed by atoms with E-state index in [9.17, 15) is 13.2 Å². The Labute approximate surface area is 178 Å². The first-order valence-corrected chi connectivity index (χ1v) is 9.50. The molecule has 0 bridgehead atoms. The number of nitrogens with zero attached hydrogens (tertiary/aromatic N) is 4. The lowest BCUT2D eigenvalue weighted by Crippen LogP contribution is -2.05. The number of H-pyrrole nitrogens is 1. The van der Waals surface area contributed by atoms with E-state index in [0.29, 0.717) is 28.4 Å². The zero-order valence-electron chi connectivity index (χ0n) is 16.3. The molecule has 1 N–H and O–H groups in total. The highest BCUT2D eigenvalue weighted by Gasteiger charge is 2.30. The summed E-state index contributed by atoms with van der Waals surface area (Å²) in [5, 5.41) is 8.70. The molecule has 7 nitrogen and oxygen atoms in total. The van der Waals surface area contributed by atoms with Crippen molar-refractivity contribution in [2.75, 3.05) is 0 Å². The van der Waals surface area contributed by atoms with Crippen molar-refractivity contribution in [2.24, 2.45) is 0 Å². The molecule has 0 radical (unpaired) electrons. The molecule has 5 aromatic rings. The summed E-state index contributed by atoms with van der Waals surface area (Å²) < 4.78 is 50.1. The molecule has 0 aliphatic heterocycles. The maximum absolute atomic E-state index is 12.9. The Balaban J connectivity index is 1.31. The van der Waals surface area contributed by atoms with Gasteiger partial charge in [0.25, 0.3) is 0 Å². The molecule has 0 saturated carbocycles. The summed E-state index contributed by atoms with van der Waals surface area (Å²) in [5.41, 5.74) is 1.03. The lowest BCUT2D eigenvalue weighted by Gasteiger charge is -2.07. The summed E-state index contributed by atoms with van der Waals surface area (Å²) in [6, 6.07) is 13.8. The minimum atomic E-state index is -4.40. The highest BCUT2D eigenvalue weighted by molar-refractivity contribution is 5.80. The van der Waals surface area contributed by atoms with Gasteiger partial charge in [-0.05, 0) is 42.0 Å². The summed E-state index contributed by atoms with van der Waals surface area (Å²) in [6.45, 7) is 0. The van der Waals surface area contributed by atoms with Crippen LogP contribution in [0, 0.1) is 0 Å². The highest BCUT2D eigenvalue weighted by Crippen LogP contribution is 2.31. The monoisotopic (exact) mass is 437 g/mol. The Morgan fingerprint density at radius 1 is 0.969 bits per heavy atom. The number of fused-ring (bicyclic) bond motifs is 1. The molecule has 10 heteroatoms. The van der Waals surface area contributed by atoms with E-state index in [-0.39, 0.29) is 18.2 Å². The van der Waals surface area contributed by atoms with Crippen LogP contribution in [-0.4, -0.2) is 25.1 Å².